The molecule has 0 unspecified atom stereocenters. The van der Waals surface area contributed by atoms with E-state index in [0.717, 1.165) is 44.5 Å². The minimum Gasteiger partial charge on any atom is -0.339 e. The van der Waals surface area contributed by atoms with Crippen LogP contribution in [-0.4, -0.2) is 38.4 Å². The van der Waals surface area contributed by atoms with E-state index in [0.29, 0.717) is 5.41 Å². The van der Waals surface area contributed by atoms with Crippen molar-refractivity contribution in [3.05, 3.63) is 48.3 Å². The van der Waals surface area contributed by atoms with E-state index in [1.807, 2.05) is 11.1 Å². The summed E-state index contributed by atoms with van der Waals surface area (Å²) in [4.78, 5) is 22.9. The molecule has 5 heteroatoms. The molecule has 5 nitrogen and oxygen atoms in total. The van der Waals surface area contributed by atoms with E-state index in [4.69, 9.17) is 0 Å². The van der Waals surface area contributed by atoms with Crippen LogP contribution in [0, 0.1) is 5.41 Å². The van der Waals surface area contributed by atoms with Gasteiger partial charge in [-0.2, -0.15) is 0 Å². The number of likely N-dealkylation sites (tertiary alicyclic amines) is 1. The van der Waals surface area contributed by atoms with Gasteiger partial charge in [-0.1, -0.05) is 0 Å². The molecule has 2 aromatic rings. The van der Waals surface area contributed by atoms with Gasteiger partial charge in [0.25, 0.3) is 5.91 Å². The van der Waals surface area contributed by atoms with Crippen molar-refractivity contribution in [2.75, 3.05) is 13.1 Å². The van der Waals surface area contributed by atoms with Crippen molar-refractivity contribution in [2.24, 2.45) is 5.41 Å². The molecule has 0 saturated carbocycles. The van der Waals surface area contributed by atoms with E-state index in [1.54, 1.807) is 24.5 Å². The summed E-state index contributed by atoms with van der Waals surface area (Å²) in [5.74, 6) is 1.34. The van der Waals surface area contributed by atoms with Crippen LogP contribution < -0.4 is 0 Å². The second-order valence-corrected chi connectivity index (χ2v) is 6.50. The molecular weight excluding hydrogens is 276 g/mol. The summed E-state index contributed by atoms with van der Waals surface area (Å²) < 4.78 is 2.30. The van der Waals surface area contributed by atoms with Crippen LogP contribution in [0.2, 0.25) is 0 Å². The molecule has 0 bridgehead atoms. The highest BCUT2D eigenvalue weighted by atomic mass is 16.2. The largest absolute Gasteiger partial charge is 0.339 e. The second-order valence-electron chi connectivity index (χ2n) is 6.50. The lowest BCUT2D eigenvalue weighted by molar-refractivity contribution is 0.0469. The summed E-state index contributed by atoms with van der Waals surface area (Å²) in [6.45, 7) is 2.76. The van der Waals surface area contributed by atoms with Gasteiger partial charge in [-0.25, -0.2) is 4.98 Å². The Morgan fingerprint density at radius 2 is 1.86 bits per heavy atom. The van der Waals surface area contributed by atoms with Crippen molar-refractivity contribution in [2.45, 2.75) is 32.2 Å². The zero-order valence-electron chi connectivity index (χ0n) is 12.6. The topological polar surface area (TPSA) is 51.0 Å². The number of aryl methyl sites for hydroxylation is 1. The first-order valence-corrected chi connectivity index (χ1v) is 7.95. The van der Waals surface area contributed by atoms with Gasteiger partial charge in [0.1, 0.15) is 5.82 Å². The third-order valence-corrected chi connectivity index (χ3v) is 5.22. The predicted octanol–water partition coefficient (Wildman–Crippen LogP) is 2.15. The molecule has 0 N–H and O–H groups in total. The number of amides is 1. The van der Waals surface area contributed by atoms with Gasteiger partial charge in [0.05, 0.1) is 0 Å². The summed E-state index contributed by atoms with van der Waals surface area (Å²) in [6.07, 6.45) is 11.8. The minimum atomic E-state index is 0.136. The van der Waals surface area contributed by atoms with Crippen LogP contribution in [0.15, 0.2) is 36.9 Å². The lowest BCUT2D eigenvalue weighted by Gasteiger charge is -2.44. The maximum atomic E-state index is 12.5. The Kier molecular flexibility index (Phi) is 3.21. The molecule has 4 heterocycles. The first-order valence-electron chi connectivity index (χ1n) is 7.95. The third-order valence-electron chi connectivity index (χ3n) is 5.22. The zero-order valence-corrected chi connectivity index (χ0v) is 12.6. The first-order chi connectivity index (χ1) is 10.8. The molecule has 4 rings (SSSR count). The number of rotatable bonds is 1. The van der Waals surface area contributed by atoms with E-state index < -0.39 is 0 Å². The maximum absolute atomic E-state index is 12.5. The molecule has 2 aromatic heterocycles. The smallest absolute Gasteiger partial charge is 0.253 e. The van der Waals surface area contributed by atoms with E-state index in [-0.39, 0.29) is 5.91 Å². The van der Waals surface area contributed by atoms with E-state index in [1.165, 1.54) is 12.2 Å². The SMILES string of the molecule is O=C(c1ccncc1)N1CCC2(CCc3nccn3C2)CC1. The molecule has 0 aromatic carbocycles. The highest BCUT2D eigenvalue weighted by Crippen LogP contribution is 2.40. The van der Waals surface area contributed by atoms with Gasteiger partial charge in [-0.3, -0.25) is 9.78 Å². The lowest BCUT2D eigenvalue weighted by Crippen LogP contribution is -2.46. The molecule has 1 spiro atoms. The van der Waals surface area contributed by atoms with Gasteiger partial charge in [0, 0.05) is 56.4 Å². The highest BCUT2D eigenvalue weighted by Gasteiger charge is 2.38. The molecule has 0 atom stereocenters. The number of piperidine rings is 1. The molecule has 114 valence electrons. The fourth-order valence-electron chi connectivity index (χ4n) is 3.80. The van der Waals surface area contributed by atoms with Crippen LogP contribution >= 0.6 is 0 Å². The van der Waals surface area contributed by atoms with Crippen LogP contribution in [0.25, 0.3) is 0 Å². The Hall–Kier alpha value is -2.17. The standard InChI is InChI=1S/C17H20N4O/c22-16(14-2-7-18-8-3-14)20-10-5-17(6-11-20)4-1-15-19-9-12-21(15)13-17/h2-3,7-9,12H,1,4-6,10-11,13H2. The zero-order chi connectivity index (χ0) is 15.0. The average molecular weight is 296 g/mol. The summed E-state index contributed by atoms with van der Waals surface area (Å²) in [5, 5.41) is 0. The Labute approximate surface area is 130 Å². The van der Waals surface area contributed by atoms with Gasteiger partial charge in [-0.05, 0) is 36.8 Å². The number of hydrogen-bond donors (Lipinski definition) is 0. The quantitative estimate of drug-likeness (QED) is 0.810. The van der Waals surface area contributed by atoms with Gasteiger partial charge >= 0.3 is 0 Å². The second kappa shape index (κ2) is 5.23. The van der Waals surface area contributed by atoms with Crippen LogP contribution in [0.4, 0.5) is 0 Å². The Morgan fingerprint density at radius 3 is 2.64 bits per heavy atom. The lowest BCUT2D eigenvalue weighted by atomic mass is 9.73. The summed E-state index contributed by atoms with van der Waals surface area (Å²) in [7, 11) is 0. The molecule has 0 aliphatic carbocycles. The summed E-state index contributed by atoms with van der Waals surface area (Å²) in [5.41, 5.74) is 1.09. The van der Waals surface area contributed by atoms with Crippen molar-refractivity contribution >= 4 is 5.91 Å². The number of fused-ring (bicyclic) bond motifs is 1. The number of carbonyl (C=O) groups excluding carboxylic acids is 1. The molecule has 1 amide bonds. The first kappa shape index (κ1) is 13.5. The Morgan fingerprint density at radius 1 is 1.09 bits per heavy atom. The maximum Gasteiger partial charge on any atom is 0.253 e. The van der Waals surface area contributed by atoms with Gasteiger partial charge in [0.2, 0.25) is 0 Å². The van der Waals surface area contributed by atoms with Gasteiger partial charge in [0.15, 0.2) is 0 Å². The van der Waals surface area contributed by atoms with Crippen molar-refractivity contribution < 1.29 is 4.79 Å². The molecule has 2 aliphatic heterocycles. The fourth-order valence-corrected chi connectivity index (χ4v) is 3.80. The van der Waals surface area contributed by atoms with E-state index in [9.17, 15) is 4.79 Å². The number of nitrogens with zero attached hydrogens (tertiary/aromatic N) is 4. The number of pyridine rings is 1. The van der Waals surface area contributed by atoms with Crippen LogP contribution in [0.1, 0.15) is 35.4 Å². The van der Waals surface area contributed by atoms with Crippen LogP contribution in [-0.2, 0) is 13.0 Å². The molecular formula is C17H20N4O. The number of imidazole rings is 1. The van der Waals surface area contributed by atoms with Gasteiger partial charge in [-0.15, -0.1) is 0 Å². The predicted molar refractivity (Wildman–Crippen MR) is 82.4 cm³/mol. The third kappa shape index (κ3) is 2.30. The normalized spacial score (nSPS) is 19.9. The van der Waals surface area contributed by atoms with Crippen molar-refractivity contribution in [3.63, 3.8) is 0 Å². The monoisotopic (exact) mass is 296 g/mol. The van der Waals surface area contributed by atoms with E-state index >= 15 is 0 Å². The summed E-state index contributed by atoms with van der Waals surface area (Å²) >= 11 is 0. The molecule has 0 radical (unpaired) electrons. The molecule has 1 fully saturated rings. The van der Waals surface area contributed by atoms with Crippen molar-refractivity contribution in [3.8, 4) is 0 Å². The van der Waals surface area contributed by atoms with Crippen molar-refractivity contribution in [1.82, 2.24) is 19.4 Å². The molecule has 1 saturated heterocycles. The van der Waals surface area contributed by atoms with Crippen LogP contribution in [0.3, 0.4) is 0 Å². The van der Waals surface area contributed by atoms with E-state index in [2.05, 4.69) is 20.7 Å². The fraction of sp³-hybridized carbons (Fsp3) is 0.471. The Bertz CT molecular complexity index is 671. The van der Waals surface area contributed by atoms with Crippen molar-refractivity contribution in [1.29, 1.82) is 0 Å². The van der Waals surface area contributed by atoms with Gasteiger partial charge < -0.3 is 9.47 Å². The number of aromatic nitrogens is 3. The summed E-state index contributed by atoms with van der Waals surface area (Å²) in [6, 6.07) is 3.59. The highest BCUT2D eigenvalue weighted by molar-refractivity contribution is 5.94. The Balaban J connectivity index is 1.44. The minimum absolute atomic E-state index is 0.136. The van der Waals surface area contributed by atoms with Crippen LogP contribution in [0.5, 0.6) is 0 Å². The number of carbonyl (C=O) groups is 1. The average Bonchev–Trinajstić information content (AvgIpc) is 3.03. The molecule has 2 aliphatic rings. The molecule has 22 heavy (non-hydrogen) atoms. The number of hydrogen-bond acceptors (Lipinski definition) is 3.